The van der Waals surface area contributed by atoms with Crippen molar-refractivity contribution >= 4 is 39.7 Å². The number of carbonyl (C=O) groups is 2. The largest absolute Gasteiger partial charge is 0.378 e. The number of carbonyl (C=O) groups excluding carboxylic acids is 2. The number of amides is 2. The molecule has 26 heavy (non-hydrogen) atoms. The van der Waals surface area contributed by atoms with E-state index in [1.54, 1.807) is 7.05 Å². The third-order valence-corrected chi connectivity index (χ3v) is 5.66. The molecule has 2 heterocycles. The molecule has 0 spiro atoms. The van der Waals surface area contributed by atoms with E-state index in [1.807, 2.05) is 31.2 Å². The van der Waals surface area contributed by atoms with Crippen LogP contribution in [0.2, 0.25) is 0 Å². The van der Waals surface area contributed by atoms with Gasteiger partial charge in [0, 0.05) is 37.4 Å². The molecule has 1 aromatic carbocycles. The summed E-state index contributed by atoms with van der Waals surface area (Å²) in [6.07, 6.45) is 1.57. The number of hydrogen-bond donors (Lipinski definition) is 3. The topological polar surface area (TPSA) is 100 Å². The SMILES string of the molecule is CNc1snc(C)c1C(=O)Nc1ccc(N2CCC(C(N)=O)CC2)cc1. The molecule has 2 amide bonds. The van der Waals surface area contributed by atoms with E-state index >= 15 is 0 Å². The van der Waals surface area contributed by atoms with Crippen LogP contribution < -0.4 is 21.3 Å². The van der Waals surface area contributed by atoms with Crippen LogP contribution in [0.1, 0.15) is 28.9 Å². The number of benzene rings is 1. The molecular weight excluding hydrogens is 350 g/mol. The Morgan fingerprint density at radius 3 is 2.46 bits per heavy atom. The first-order chi connectivity index (χ1) is 12.5. The van der Waals surface area contributed by atoms with E-state index in [9.17, 15) is 9.59 Å². The van der Waals surface area contributed by atoms with Crippen molar-refractivity contribution in [1.29, 1.82) is 0 Å². The molecular formula is C18H23N5O2S. The Hall–Kier alpha value is -2.61. The molecule has 0 unspecified atom stereocenters. The predicted molar refractivity (Wildman–Crippen MR) is 105 cm³/mol. The van der Waals surface area contributed by atoms with Gasteiger partial charge in [-0.05, 0) is 55.6 Å². The number of nitrogens with zero attached hydrogens (tertiary/aromatic N) is 2. The maximum atomic E-state index is 12.5. The summed E-state index contributed by atoms with van der Waals surface area (Å²) in [5.74, 6) is -0.397. The molecule has 3 rings (SSSR count). The molecule has 0 bridgehead atoms. The van der Waals surface area contributed by atoms with Gasteiger partial charge in [-0.3, -0.25) is 9.59 Å². The first-order valence-corrected chi connectivity index (χ1v) is 9.36. The number of hydrogen-bond acceptors (Lipinski definition) is 6. The Balaban J connectivity index is 1.64. The van der Waals surface area contributed by atoms with Gasteiger partial charge in [-0.15, -0.1) is 0 Å². The average molecular weight is 373 g/mol. The summed E-state index contributed by atoms with van der Waals surface area (Å²) in [7, 11) is 1.78. The van der Waals surface area contributed by atoms with E-state index in [1.165, 1.54) is 11.5 Å². The number of nitrogens with one attached hydrogen (secondary N) is 2. The minimum absolute atomic E-state index is 0.0198. The first kappa shape index (κ1) is 18.2. The van der Waals surface area contributed by atoms with Crippen LogP contribution in [0.25, 0.3) is 0 Å². The van der Waals surface area contributed by atoms with Gasteiger partial charge in [-0.2, -0.15) is 4.37 Å². The molecule has 2 aromatic rings. The van der Waals surface area contributed by atoms with Gasteiger partial charge in [-0.25, -0.2) is 0 Å². The Bertz CT molecular complexity index is 794. The number of aryl methyl sites for hydroxylation is 1. The van der Waals surface area contributed by atoms with Crippen molar-refractivity contribution in [3.05, 3.63) is 35.5 Å². The van der Waals surface area contributed by atoms with Crippen molar-refractivity contribution < 1.29 is 9.59 Å². The summed E-state index contributed by atoms with van der Waals surface area (Å²) < 4.78 is 4.22. The summed E-state index contributed by atoms with van der Waals surface area (Å²) in [6, 6.07) is 7.75. The second kappa shape index (κ2) is 7.74. The van der Waals surface area contributed by atoms with Crippen LogP contribution in [0, 0.1) is 12.8 Å². The minimum Gasteiger partial charge on any atom is -0.378 e. The molecule has 138 valence electrons. The second-order valence-corrected chi connectivity index (χ2v) is 7.16. The third-order valence-electron chi connectivity index (χ3n) is 4.70. The summed E-state index contributed by atoms with van der Waals surface area (Å²) in [6.45, 7) is 3.44. The lowest BCUT2D eigenvalue weighted by Gasteiger charge is -2.32. The summed E-state index contributed by atoms with van der Waals surface area (Å²) in [5.41, 5.74) is 8.49. The van der Waals surface area contributed by atoms with E-state index in [4.69, 9.17) is 5.73 Å². The number of nitrogens with two attached hydrogens (primary N) is 1. The molecule has 1 aromatic heterocycles. The van der Waals surface area contributed by atoms with Crippen LogP contribution in [0.5, 0.6) is 0 Å². The predicted octanol–water partition coefficient (Wildman–Crippen LogP) is 2.45. The van der Waals surface area contributed by atoms with Crippen molar-refractivity contribution in [2.45, 2.75) is 19.8 Å². The van der Waals surface area contributed by atoms with Crippen LogP contribution in [0.4, 0.5) is 16.4 Å². The van der Waals surface area contributed by atoms with E-state index in [0.29, 0.717) is 11.3 Å². The summed E-state index contributed by atoms with van der Waals surface area (Å²) in [4.78, 5) is 26.0. The monoisotopic (exact) mass is 373 g/mol. The highest BCUT2D eigenvalue weighted by atomic mass is 32.1. The van der Waals surface area contributed by atoms with E-state index < -0.39 is 0 Å². The molecule has 0 atom stereocenters. The zero-order valence-corrected chi connectivity index (χ0v) is 15.7. The van der Waals surface area contributed by atoms with E-state index in [0.717, 1.165) is 42.3 Å². The quantitative estimate of drug-likeness (QED) is 0.747. The fourth-order valence-electron chi connectivity index (χ4n) is 3.18. The van der Waals surface area contributed by atoms with Crippen molar-refractivity contribution in [3.8, 4) is 0 Å². The highest BCUT2D eigenvalue weighted by Crippen LogP contribution is 2.27. The van der Waals surface area contributed by atoms with E-state index in [-0.39, 0.29) is 17.7 Å². The maximum Gasteiger partial charge on any atom is 0.260 e. The molecule has 1 aliphatic rings. The van der Waals surface area contributed by atoms with Gasteiger partial charge >= 0.3 is 0 Å². The minimum atomic E-state index is -0.207. The van der Waals surface area contributed by atoms with Crippen LogP contribution in [-0.4, -0.2) is 36.3 Å². The summed E-state index contributed by atoms with van der Waals surface area (Å²) >= 11 is 1.28. The maximum absolute atomic E-state index is 12.5. The number of rotatable bonds is 5. The lowest BCUT2D eigenvalue weighted by Crippen LogP contribution is -2.38. The van der Waals surface area contributed by atoms with Crippen LogP contribution in [0.3, 0.4) is 0 Å². The highest BCUT2D eigenvalue weighted by molar-refractivity contribution is 7.10. The van der Waals surface area contributed by atoms with Gasteiger partial charge in [0.05, 0.1) is 11.3 Å². The average Bonchev–Trinajstić information content (AvgIpc) is 3.03. The van der Waals surface area contributed by atoms with Gasteiger partial charge < -0.3 is 21.3 Å². The van der Waals surface area contributed by atoms with E-state index in [2.05, 4.69) is 19.9 Å². The zero-order chi connectivity index (χ0) is 18.7. The third kappa shape index (κ3) is 3.80. The normalized spacial score (nSPS) is 14.9. The van der Waals surface area contributed by atoms with Crippen molar-refractivity contribution in [3.63, 3.8) is 0 Å². The number of anilines is 3. The van der Waals surface area contributed by atoms with Gasteiger partial charge in [0.15, 0.2) is 0 Å². The molecule has 1 fully saturated rings. The molecule has 4 N–H and O–H groups in total. The first-order valence-electron chi connectivity index (χ1n) is 8.59. The standard InChI is InChI=1S/C18H23N5O2S/c1-11-15(18(20-2)26-22-11)17(25)21-13-3-5-14(6-4-13)23-9-7-12(8-10-23)16(19)24/h3-6,12,20H,7-10H2,1-2H3,(H2,19,24)(H,21,25). The molecule has 0 saturated carbocycles. The second-order valence-electron chi connectivity index (χ2n) is 6.39. The van der Waals surface area contributed by atoms with Gasteiger partial charge in [-0.1, -0.05) is 0 Å². The van der Waals surface area contributed by atoms with Crippen molar-refractivity contribution in [2.24, 2.45) is 11.7 Å². The number of piperidine rings is 1. The zero-order valence-electron chi connectivity index (χ0n) is 14.9. The molecule has 7 nitrogen and oxygen atoms in total. The number of primary amides is 1. The van der Waals surface area contributed by atoms with Crippen molar-refractivity contribution in [2.75, 3.05) is 35.7 Å². The summed E-state index contributed by atoms with van der Waals surface area (Å²) in [5, 5.41) is 6.68. The highest BCUT2D eigenvalue weighted by Gasteiger charge is 2.23. The Morgan fingerprint density at radius 2 is 1.88 bits per heavy atom. The molecule has 1 saturated heterocycles. The fraction of sp³-hybridized carbons (Fsp3) is 0.389. The van der Waals surface area contributed by atoms with Gasteiger partial charge in [0.2, 0.25) is 5.91 Å². The Kier molecular flexibility index (Phi) is 5.41. The molecule has 1 aliphatic heterocycles. The van der Waals surface area contributed by atoms with Crippen LogP contribution in [0.15, 0.2) is 24.3 Å². The Morgan fingerprint density at radius 1 is 1.23 bits per heavy atom. The van der Waals surface area contributed by atoms with Gasteiger partial charge in [0.25, 0.3) is 5.91 Å². The fourth-order valence-corrected chi connectivity index (χ4v) is 3.92. The lowest BCUT2D eigenvalue weighted by molar-refractivity contribution is -0.122. The number of aromatic nitrogens is 1. The molecule has 0 radical (unpaired) electrons. The van der Waals surface area contributed by atoms with Crippen LogP contribution >= 0.6 is 11.5 Å². The molecule has 8 heteroatoms. The smallest absolute Gasteiger partial charge is 0.260 e. The van der Waals surface area contributed by atoms with Crippen LogP contribution in [-0.2, 0) is 4.79 Å². The van der Waals surface area contributed by atoms with Crippen molar-refractivity contribution in [1.82, 2.24) is 4.37 Å². The molecule has 0 aliphatic carbocycles. The Labute approximate surface area is 156 Å². The lowest BCUT2D eigenvalue weighted by atomic mass is 9.96. The van der Waals surface area contributed by atoms with Gasteiger partial charge in [0.1, 0.15) is 5.00 Å².